The van der Waals surface area contributed by atoms with Crippen molar-refractivity contribution in [1.82, 2.24) is 5.43 Å². The smallest absolute Gasteiger partial charge is 0.0955 e. The van der Waals surface area contributed by atoms with Crippen molar-refractivity contribution in [3.05, 3.63) is 0 Å². The van der Waals surface area contributed by atoms with Gasteiger partial charge in [-0.15, -0.1) is 0 Å². The molecule has 0 bridgehead atoms. The second kappa shape index (κ2) is 14.8. The van der Waals surface area contributed by atoms with Crippen LogP contribution in [-0.2, 0) is 0 Å². The van der Waals surface area contributed by atoms with E-state index < -0.39 is 0 Å². The molecule has 0 aliphatic heterocycles. The SMILES string of the molecule is CCCCCCCCCCCCCCN[N+](C)(C)CCC. The first-order valence-corrected chi connectivity index (χ1v) is 9.70. The van der Waals surface area contributed by atoms with Crippen LogP contribution in [0.15, 0.2) is 0 Å². The van der Waals surface area contributed by atoms with E-state index in [-0.39, 0.29) is 0 Å². The molecule has 0 atom stereocenters. The van der Waals surface area contributed by atoms with E-state index in [1.807, 2.05) is 0 Å². The summed E-state index contributed by atoms with van der Waals surface area (Å²) in [7, 11) is 4.54. The maximum absolute atomic E-state index is 3.63. The second-order valence-electron chi connectivity index (χ2n) is 7.21. The summed E-state index contributed by atoms with van der Waals surface area (Å²) >= 11 is 0. The first-order chi connectivity index (χ1) is 10.1. The van der Waals surface area contributed by atoms with Crippen molar-refractivity contribution in [2.75, 3.05) is 27.2 Å². The van der Waals surface area contributed by atoms with Gasteiger partial charge in [-0.25, -0.2) is 0 Å². The van der Waals surface area contributed by atoms with Crippen molar-refractivity contribution >= 4 is 0 Å². The molecule has 0 rings (SSSR count). The van der Waals surface area contributed by atoms with Gasteiger partial charge in [-0.2, -0.15) is 5.43 Å². The summed E-state index contributed by atoms with van der Waals surface area (Å²) < 4.78 is 0.967. The van der Waals surface area contributed by atoms with E-state index in [0.29, 0.717) is 0 Å². The minimum absolute atomic E-state index is 0.967. The lowest BCUT2D eigenvalue weighted by molar-refractivity contribution is -0.934. The highest BCUT2D eigenvalue weighted by Gasteiger charge is 2.11. The maximum Gasteiger partial charge on any atom is 0.0955 e. The fourth-order valence-corrected chi connectivity index (χ4v) is 2.99. The fraction of sp³-hybridized carbons (Fsp3) is 1.00. The second-order valence-corrected chi connectivity index (χ2v) is 7.21. The van der Waals surface area contributed by atoms with Crippen molar-refractivity contribution in [2.24, 2.45) is 0 Å². The van der Waals surface area contributed by atoms with Gasteiger partial charge in [-0.05, 0) is 12.8 Å². The third-order valence-corrected chi connectivity index (χ3v) is 4.35. The molecular formula is C19H43N2+. The van der Waals surface area contributed by atoms with Gasteiger partial charge in [0.25, 0.3) is 0 Å². The molecule has 0 spiro atoms. The van der Waals surface area contributed by atoms with E-state index >= 15 is 0 Å². The molecule has 128 valence electrons. The zero-order chi connectivity index (χ0) is 15.8. The van der Waals surface area contributed by atoms with Gasteiger partial charge in [-0.1, -0.05) is 84.5 Å². The third-order valence-electron chi connectivity index (χ3n) is 4.35. The Morgan fingerprint density at radius 3 is 1.43 bits per heavy atom. The van der Waals surface area contributed by atoms with E-state index in [0.717, 1.165) is 4.59 Å². The molecular weight excluding hydrogens is 256 g/mol. The quantitative estimate of drug-likeness (QED) is 0.220. The molecule has 0 heterocycles. The molecule has 1 N–H and O–H groups in total. The van der Waals surface area contributed by atoms with Crippen LogP contribution in [0.3, 0.4) is 0 Å². The Labute approximate surface area is 135 Å². The number of rotatable bonds is 16. The average Bonchev–Trinajstić information content (AvgIpc) is 2.44. The third kappa shape index (κ3) is 16.1. The molecule has 0 saturated carbocycles. The van der Waals surface area contributed by atoms with Gasteiger partial charge in [0.15, 0.2) is 0 Å². The van der Waals surface area contributed by atoms with Crippen LogP contribution >= 0.6 is 0 Å². The van der Waals surface area contributed by atoms with E-state index in [1.54, 1.807) is 0 Å². The summed E-state index contributed by atoms with van der Waals surface area (Å²) in [6.07, 6.45) is 18.4. The van der Waals surface area contributed by atoms with Gasteiger partial charge >= 0.3 is 0 Å². The van der Waals surface area contributed by atoms with E-state index in [9.17, 15) is 0 Å². The van der Waals surface area contributed by atoms with Gasteiger partial charge in [0, 0.05) is 6.54 Å². The van der Waals surface area contributed by atoms with Crippen molar-refractivity contribution in [3.63, 3.8) is 0 Å². The summed E-state index contributed by atoms with van der Waals surface area (Å²) in [4.78, 5) is 0. The van der Waals surface area contributed by atoms with Crippen LogP contribution in [0.2, 0.25) is 0 Å². The van der Waals surface area contributed by atoms with Crippen molar-refractivity contribution in [1.29, 1.82) is 0 Å². The largest absolute Gasteiger partial charge is 0.251 e. The Balaban J connectivity index is 3.12. The molecule has 0 aliphatic carbocycles. The lowest BCUT2D eigenvalue weighted by Crippen LogP contribution is -2.52. The lowest BCUT2D eigenvalue weighted by atomic mass is 10.1. The van der Waals surface area contributed by atoms with Crippen molar-refractivity contribution in [3.8, 4) is 0 Å². The zero-order valence-corrected chi connectivity index (χ0v) is 15.6. The Morgan fingerprint density at radius 2 is 1.00 bits per heavy atom. The van der Waals surface area contributed by atoms with Crippen molar-refractivity contribution in [2.45, 2.75) is 97.3 Å². The molecule has 0 aromatic rings. The van der Waals surface area contributed by atoms with Gasteiger partial charge in [0.05, 0.1) is 20.6 Å². The van der Waals surface area contributed by atoms with Crippen LogP contribution in [0.1, 0.15) is 97.3 Å². The molecule has 21 heavy (non-hydrogen) atoms. The Kier molecular flexibility index (Phi) is 14.8. The normalized spacial score (nSPS) is 12.0. The molecule has 0 fully saturated rings. The predicted molar refractivity (Wildman–Crippen MR) is 96.3 cm³/mol. The number of quaternary nitrogens is 1. The Hall–Kier alpha value is -0.0800. The van der Waals surface area contributed by atoms with E-state index in [2.05, 4.69) is 33.4 Å². The molecule has 2 nitrogen and oxygen atoms in total. The Bertz CT molecular complexity index is 202. The van der Waals surface area contributed by atoms with Gasteiger partial charge in [0.2, 0.25) is 0 Å². The molecule has 0 aliphatic rings. The van der Waals surface area contributed by atoms with E-state index in [1.165, 1.54) is 96.6 Å². The highest BCUT2D eigenvalue weighted by molar-refractivity contribution is 4.49. The maximum atomic E-state index is 3.63. The lowest BCUT2D eigenvalue weighted by Gasteiger charge is -2.29. The first kappa shape index (κ1) is 20.9. The molecule has 0 aromatic heterocycles. The van der Waals surface area contributed by atoms with Crippen LogP contribution in [0.4, 0.5) is 0 Å². The van der Waals surface area contributed by atoms with Crippen molar-refractivity contribution < 1.29 is 4.59 Å². The summed E-state index contributed by atoms with van der Waals surface area (Å²) in [5.41, 5.74) is 3.63. The summed E-state index contributed by atoms with van der Waals surface area (Å²) in [5.74, 6) is 0. The van der Waals surface area contributed by atoms with Gasteiger partial charge in [-0.3, -0.25) is 4.59 Å². The molecule has 0 radical (unpaired) electrons. The zero-order valence-electron chi connectivity index (χ0n) is 15.6. The Morgan fingerprint density at radius 1 is 0.571 bits per heavy atom. The highest BCUT2D eigenvalue weighted by Crippen LogP contribution is 2.11. The predicted octanol–water partition coefficient (Wildman–Crippen LogP) is 5.68. The molecule has 0 saturated heterocycles. The number of hydrogen-bond acceptors (Lipinski definition) is 1. The first-order valence-electron chi connectivity index (χ1n) is 9.70. The number of nitrogens with one attached hydrogen (secondary N) is 1. The van der Waals surface area contributed by atoms with Gasteiger partial charge < -0.3 is 0 Å². The molecule has 0 aromatic carbocycles. The standard InChI is InChI=1S/C19H43N2/c1-5-7-8-9-10-11-12-13-14-15-16-17-18-20-21(3,4)19-6-2/h20H,5-19H2,1-4H3/q+1. The average molecular weight is 300 g/mol. The van der Waals surface area contributed by atoms with Crippen LogP contribution in [0, 0.1) is 0 Å². The van der Waals surface area contributed by atoms with Gasteiger partial charge in [0.1, 0.15) is 0 Å². The minimum atomic E-state index is 0.967. The number of unbranched alkanes of at least 4 members (excludes halogenated alkanes) is 11. The molecule has 0 amide bonds. The fourth-order valence-electron chi connectivity index (χ4n) is 2.99. The van der Waals surface area contributed by atoms with Crippen LogP contribution in [-0.4, -0.2) is 31.8 Å². The summed E-state index contributed by atoms with van der Waals surface area (Å²) in [6, 6.07) is 0. The molecule has 2 heteroatoms. The van der Waals surface area contributed by atoms with Crippen LogP contribution < -0.4 is 5.43 Å². The monoisotopic (exact) mass is 299 g/mol. The summed E-state index contributed by atoms with van der Waals surface area (Å²) in [5, 5.41) is 0. The number of nitrogens with zero attached hydrogens (tertiary/aromatic N) is 1. The number of hydrogen-bond donors (Lipinski definition) is 1. The van der Waals surface area contributed by atoms with Crippen LogP contribution in [0.25, 0.3) is 0 Å². The topological polar surface area (TPSA) is 12.0 Å². The van der Waals surface area contributed by atoms with Crippen LogP contribution in [0.5, 0.6) is 0 Å². The van der Waals surface area contributed by atoms with E-state index in [4.69, 9.17) is 0 Å². The highest BCUT2D eigenvalue weighted by atomic mass is 15.6. The minimum Gasteiger partial charge on any atom is -0.251 e. The molecule has 0 unspecified atom stereocenters. The summed E-state index contributed by atoms with van der Waals surface area (Å²) in [6.45, 7) is 6.94.